The van der Waals surface area contributed by atoms with Gasteiger partial charge in [0.1, 0.15) is 12.1 Å². The van der Waals surface area contributed by atoms with Crippen molar-refractivity contribution in [2.75, 3.05) is 13.7 Å². The van der Waals surface area contributed by atoms with Crippen molar-refractivity contribution < 1.29 is 14.1 Å². The van der Waals surface area contributed by atoms with Gasteiger partial charge in [-0.25, -0.2) is 4.98 Å². The molecule has 0 bridgehead atoms. The molecule has 1 amide bonds. The Morgan fingerprint density at radius 1 is 1.20 bits per heavy atom. The first-order valence-corrected chi connectivity index (χ1v) is 7.90. The number of carbonyl (C=O) groups is 1. The number of hydrogen-bond acceptors (Lipinski definition) is 6. The molecule has 0 fully saturated rings. The number of rotatable bonds is 6. The first kappa shape index (κ1) is 16.6. The van der Waals surface area contributed by atoms with E-state index in [0.29, 0.717) is 29.8 Å². The first-order valence-electron chi connectivity index (χ1n) is 7.90. The van der Waals surface area contributed by atoms with E-state index in [2.05, 4.69) is 15.1 Å². The predicted octanol–water partition coefficient (Wildman–Crippen LogP) is 2.80. The Morgan fingerprint density at radius 3 is 2.76 bits per heavy atom. The molecule has 0 radical (unpaired) electrons. The van der Waals surface area contributed by atoms with Crippen molar-refractivity contribution in [3.63, 3.8) is 0 Å². The summed E-state index contributed by atoms with van der Waals surface area (Å²) in [7, 11) is 1.66. The van der Waals surface area contributed by atoms with Gasteiger partial charge in [0.2, 0.25) is 17.6 Å². The van der Waals surface area contributed by atoms with Crippen LogP contribution in [0.25, 0.3) is 11.4 Å². The van der Waals surface area contributed by atoms with E-state index in [9.17, 15) is 4.79 Å². The quantitative estimate of drug-likeness (QED) is 0.687. The van der Waals surface area contributed by atoms with Gasteiger partial charge in [0.15, 0.2) is 0 Å². The van der Waals surface area contributed by atoms with Gasteiger partial charge in [0.05, 0.1) is 6.61 Å². The third-order valence-electron chi connectivity index (χ3n) is 3.50. The summed E-state index contributed by atoms with van der Waals surface area (Å²) < 4.78 is 10.7. The lowest BCUT2D eigenvalue weighted by Gasteiger charge is -2.16. The smallest absolute Gasteiger partial charge is 0.259 e. The van der Waals surface area contributed by atoms with Crippen LogP contribution in [0.5, 0.6) is 5.88 Å². The highest BCUT2D eigenvalue weighted by Gasteiger charge is 2.20. The van der Waals surface area contributed by atoms with E-state index in [1.54, 1.807) is 25.4 Å². The summed E-state index contributed by atoms with van der Waals surface area (Å²) in [5, 5.41) is 3.96. The van der Waals surface area contributed by atoms with Crippen LogP contribution in [0.1, 0.15) is 23.2 Å². The number of benzene rings is 1. The minimum atomic E-state index is -0.226. The summed E-state index contributed by atoms with van der Waals surface area (Å²) >= 11 is 0. The molecule has 25 heavy (non-hydrogen) atoms. The maximum Gasteiger partial charge on any atom is 0.259 e. The molecular formula is C18H18N4O3. The summed E-state index contributed by atoms with van der Waals surface area (Å²) in [5.41, 5.74) is 1.26. The Labute approximate surface area is 145 Å². The van der Waals surface area contributed by atoms with E-state index in [1.807, 2.05) is 37.3 Å². The van der Waals surface area contributed by atoms with Gasteiger partial charge in [-0.2, -0.15) is 4.98 Å². The van der Waals surface area contributed by atoms with E-state index >= 15 is 0 Å². The molecule has 3 rings (SSSR count). The zero-order chi connectivity index (χ0) is 17.6. The Morgan fingerprint density at radius 2 is 2.00 bits per heavy atom. The number of amides is 1. The van der Waals surface area contributed by atoms with Crippen LogP contribution in [-0.2, 0) is 6.54 Å². The normalized spacial score (nSPS) is 10.5. The summed E-state index contributed by atoms with van der Waals surface area (Å²) in [6.45, 7) is 2.47. The molecule has 0 N–H and O–H groups in total. The van der Waals surface area contributed by atoms with Gasteiger partial charge in [0, 0.05) is 18.8 Å². The number of aromatic nitrogens is 3. The monoisotopic (exact) mass is 338 g/mol. The molecule has 1 aromatic carbocycles. The van der Waals surface area contributed by atoms with Crippen molar-refractivity contribution in [2.24, 2.45) is 0 Å². The van der Waals surface area contributed by atoms with Gasteiger partial charge in [-0.05, 0) is 19.1 Å². The number of ether oxygens (including phenoxy) is 1. The average molecular weight is 338 g/mol. The van der Waals surface area contributed by atoms with Crippen molar-refractivity contribution in [3.05, 3.63) is 60.1 Å². The molecule has 0 saturated carbocycles. The van der Waals surface area contributed by atoms with Crippen LogP contribution in [0.15, 0.2) is 53.2 Å². The molecule has 2 aromatic heterocycles. The number of nitrogens with zero attached hydrogens (tertiary/aromatic N) is 4. The summed E-state index contributed by atoms with van der Waals surface area (Å²) in [5.74, 6) is 0.942. The van der Waals surface area contributed by atoms with Crippen LogP contribution >= 0.6 is 0 Å². The maximum atomic E-state index is 12.6. The van der Waals surface area contributed by atoms with E-state index in [4.69, 9.17) is 9.26 Å². The Bertz CT molecular complexity index is 848. The fourth-order valence-electron chi connectivity index (χ4n) is 2.31. The van der Waals surface area contributed by atoms with Gasteiger partial charge in [-0.15, -0.1) is 0 Å². The van der Waals surface area contributed by atoms with Crippen molar-refractivity contribution in [1.82, 2.24) is 20.0 Å². The number of pyridine rings is 1. The van der Waals surface area contributed by atoms with Crippen molar-refractivity contribution >= 4 is 5.91 Å². The van der Waals surface area contributed by atoms with Crippen LogP contribution in [0.4, 0.5) is 0 Å². The molecule has 0 aliphatic carbocycles. The second kappa shape index (κ2) is 7.57. The Balaban J connectivity index is 1.73. The highest BCUT2D eigenvalue weighted by Crippen LogP contribution is 2.19. The van der Waals surface area contributed by atoms with E-state index in [1.165, 1.54) is 4.90 Å². The van der Waals surface area contributed by atoms with Crippen molar-refractivity contribution in [3.8, 4) is 17.3 Å². The standard InChI is InChI=1S/C18H18N4O3/c1-3-24-17-14(10-7-11-19-17)18(23)22(2)12-15-20-16(21-25-15)13-8-5-4-6-9-13/h4-11H,3,12H2,1-2H3. The molecule has 0 saturated heterocycles. The highest BCUT2D eigenvalue weighted by atomic mass is 16.5. The molecule has 0 atom stereocenters. The van der Waals surface area contributed by atoms with Crippen LogP contribution in [0, 0.1) is 0 Å². The van der Waals surface area contributed by atoms with Crippen molar-refractivity contribution in [1.29, 1.82) is 0 Å². The first-order chi connectivity index (χ1) is 12.2. The zero-order valence-electron chi connectivity index (χ0n) is 14.0. The molecule has 0 spiro atoms. The second-order valence-electron chi connectivity index (χ2n) is 5.33. The molecule has 0 unspecified atom stereocenters. The molecule has 7 heteroatoms. The largest absolute Gasteiger partial charge is 0.477 e. The zero-order valence-corrected chi connectivity index (χ0v) is 14.0. The fourth-order valence-corrected chi connectivity index (χ4v) is 2.31. The number of hydrogen-bond donors (Lipinski definition) is 0. The highest BCUT2D eigenvalue weighted by molar-refractivity contribution is 5.96. The second-order valence-corrected chi connectivity index (χ2v) is 5.33. The van der Waals surface area contributed by atoms with Gasteiger partial charge >= 0.3 is 0 Å². The van der Waals surface area contributed by atoms with Crippen LogP contribution in [0.3, 0.4) is 0 Å². The lowest BCUT2D eigenvalue weighted by Crippen LogP contribution is -2.27. The van der Waals surface area contributed by atoms with Gasteiger partial charge < -0.3 is 14.2 Å². The topological polar surface area (TPSA) is 81.4 Å². The fraction of sp³-hybridized carbons (Fsp3) is 0.222. The Hall–Kier alpha value is -3.22. The molecule has 128 valence electrons. The third kappa shape index (κ3) is 3.82. The summed E-state index contributed by atoms with van der Waals surface area (Å²) in [6.07, 6.45) is 1.59. The van der Waals surface area contributed by atoms with Gasteiger partial charge in [-0.3, -0.25) is 4.79 Å². The molecular weight excluding hydrogens is 320 g/mol. The van der Waals surface area contributed by atoms with Crippen LogP contribution in [0.2, 0.25) is 0 Å². The maximum absolute atomic E-state index is 12.6. The SMILES string of the molecule is CCOc1ncccc1C(=O)N(C)Cc1nc(-c2ccccc2)no1. The third-order valence-corrected chi connectivity index (χ3v) is 3.50. The van der Waals surface area contributed by atoms with Crippen LogP contribution in [-0.4, -0.2) is 39.6 Å². The number of carbonyl (C=O) groups excluding carboxylic acids is 1. The summed E-state index contributed by atoms with van der Waals surface area (Å²) in [6, 6.07) is 12.9. The minimum Gasteiger partial charge on any atom is -0.477 e. The van der Waals surface area contributed by atoms with Crippen molar-refractivity contribution in [2.45, 2.75) is 13.5 Å². The van der Waals surface area contributed by atoms with E-state index in [0.717, 1.165) is 5.56 Å². The molecule has 0 aliphatic rings. The molecule has 2 heterocycles. The van der Waals surface area contributed by atoms with E-state index < -0.39 is 0 Å². The average Bonchev–Trinajstić information content (AvgIpc) is 3.11. The predicted molar refractivity (Wildman–Crippen MR) is 90.9 cm³/mol. The van der Waals surface area contributed by atoms with Gasteiger partial charge in [-0.1, -0.05) is 35.5 Å². The lowest BCUT2D eigenvalue weighted by atomic mass is 10.2. The Kier molecular flexibility index (Phi) is 5.03. The molecule has 0 aliphatic heterocycles. The molecule has 3 aromatic rings. The lowest BCUT2D eigenvalue weighted by molar-refractivity contribution is 0.0764. The van der Waals surface area contributed by atoms with E-state index in [-0.39, 0.29) is 12.5 Å². The van der Waals surface area contributed by atoms with Crippen LogP contribution < -0.4 is 4.74 Å². The van der Waals surface area contributed by atoms with Gasteiger partial charge in [0.25, 0.3) is 5.91 Å². The summed E-state index contributed by atoms with van der Waals surface area (Å²) in [4.78, 5) is 22.6. The minimum absolute atomic E-state index is 0.194. The molecule has 7 nitrogen and oxygen atoms in total.